The maximum Gasteiger partial charge on any atom is 0.472 e. The minimum absolute atomic E-state index is 0.102. The third-order valence-electron chi connectivity index (χ3n) is 17.4. The zero-order valence-electron chi connectivity index (χ0n) is 60.9. The molecule has 0 radical (unpaired) electrons. The van der Waals surface area contributed by atoms with Gasteiger partial charge in [-0.1, -0.05) is 319 Å². The van der Waals surface area contributed by atoms with Crippen LogP contribution in [-0.4, -0.2) is 96.7 Å². The molecule has 0 bridgehead atoms. The van der Waals surface area contributed by atoms with E-state index in [9.17, 15) is 43.2 Å². The van der Waals surface area contributed by atoms with Crippen molar-refractivity contribution < 1.29 is 80.2 Å². The molecule has 0 spiro atoms. The molecule has 93 heavy (non-hydrogen) atoms. The normalized spacial score (nSPS) is 14.5. The number of carbonyl (C=O) groups excluding carboxylic acids is 4. The molecule has 0 aromatic rings. The van der Waals surface area contributed by atoms with E-state index in [1.165, 1.54) is 167 Å². The molecule has 0 rings (SSSR count). The number of hydrogen-bond donors (Lipinski definition) is 3. The third-order valence-corrected chi connectivity index (χ3v) is 19.3. The van der Waals surface area contributed by atoms with Gasteiger partial charge in [0.15, 0.2) is 12.2 Å². The Bertz CT molecular complexity index is 1840. The standard InChI is InChI=1S/C74H144O17P2/c1-9-67(8)53-45-37-28-22-18-16-14-12-10-11-13-15-17-19-23-29-38-46-54-71(76)84-60-69(90-73(78)56-48-40-30-24-20-21-26-34-42-50-64(2)3)62-88-92(80,81)86-58-68(75)59-87-93(82,83)89-63-70(61-85-72(77)55-47-39-33-32-36-44-52-66(6)7)91-74(79)57-49-41-31-25-27-35-43-51-65(4)5/h64-70,75H,9-63H2,1-8H3,(H,80,81)(H,82,83)/t67?,68-,69-,70-/m1/s1. The van der Waals surface area contributed by atoms with Crippen molar-refractivity contribution in [1.82, 2.24) is 0 Å². The van der Waals surface area contributed by atoms with Crippen molar-refractivity contribution >= 4 is 39.5 Å². The summed E-state index contributed by atoms with van der Waals surface area (Å²) in [6, 6.07) is 0. The Morgan fingerprint density at radius 3 is 0.763 bits per heavy atom. The van der Waals surface area contributed by atoms with E-state index in [1.54, 1.807) is 0 Å². The highest BCUT2D eigenvalue weighted by Crippen LogP contribution is 2.45. The number of unbranched alkanes of at least 4 members (excludes halogenated alkanes) is 36. The average Bonchev–Trinajstić information content (AvgIpc) is 2.17. The van der Waals surface area contributed by atoms with Gasteiger partial charge in [0.2, 0.25) is 0 Å². The molecule has 17 nitrogen and oxygen atoms in total. The summed E-state index contributed by atoms with van der Waals surface area (Å²) in [6.07, 6.45) is 47.6. The van der Waals surface area contributed by atoms with Gasteiger partial charge in [-0.25, -0.2) is 9.13 Å². The fourth-order valence-electron chi connectivity index (χ4n) is 11.2. The summed E-state index contributed by atoms with van der Waals surface area (Å²) in [7, 11) is -9.90. The van der Waals surface area contributed by atoms with Crippen LogP contribution in [-0.2, 0) is 65.4 Å². The molecule has 552 valence electrons. The van der Waals surface area contributed by atoms with Gasteiger partial charge in [-0.3, -0.25) is 37.3 Å². The third kappa shape index (κ3) is 67.0. The smallest absolute Gasteiger partial charge is 0.462 e. The second kappa shape index (κ2) is 63.5. The van der Waals surface area contributed by atoms with Crippen molar-refractivity contribution in [2.24, 2.45) is 23.7 Å². The number of phosphoric acid groups is 2. The molecule has 0 aromatic heterocycles. The molecular formula is C74H144O17P2. The maximum atomic E-state index is 13.0. The first-order chi connectivity index (χ1) is 44.6. The lowest BCUT2D eigenvalue weighted by Crippen LogP contribution is -2.30. The number of phosphoric ester groups is 2. The molecule has 0 aliphatic heterocycles. The number of aliphatic hydroxyl groups excluding tert-OH is 1. The summed E-state index contributed by atoms with van der Waals surface area (Å²) in [5.41, 5.74) is 0. The predicted molar refractivity (Wildman–Crippen MR) is 377 cm³/mol. The predicted octanol–water partition coefficient (Wildman–Crippen LogP) is 21.3. The number of rotatable bonds is 71. The van der Waals surface area contributed by atoms with Gasteiger partial charge in [-0.2, -0.15) is 0 Å². The van der Waals surface area contributed by atoms with Crippen LogP contribution >= 0.6 is 15.6 Å². The largest absolute Gasteiger partial charge is 0.472 e. The molecule has 19 heteroatoms. The van der Waals surface area contributed by atoms with Crippen molar-refractivity contribution in [3.8, 4) is 0 Å². The lowest BCUT2D eigenvalue weighted by atomic mass is 9.99. The van der Waals surface area contributed by atoms with Gasteiger partial charge in [0.1, 0.15) is 19.3 Å². The van der Waals surface area contributed by atoms with E-state index in [0.29, 0.717) is 37.5 Å². The zero-order chi connectivity index (χ0) is 68.9. The SMILES string of the molecule is CCC(C)CCCCCCCCCCCCCCCCCCCCC(=O)OC[C@H](COP(=O)(O)OC[C@@H](O)COP(=O)(O)OC[C@@H](COC(=O)CCCCCCCCC(C)C)OC(=O)CCCCCCCCCC(C)C)OC(=O)CCCCCCCCCCCC(C)C. The fourth-order valence-corrected chi connectivity index (χ4v) is 12.7. The van der Waals surface area contributed by atoms with Crippen LogP contribution in [0.3, 0.4) is 0 Å². The first-order valence-corrected chi connectivity index (χ1v) is 41.2. The van der Waals surface area contributed by atoms with E-state index in [4.69, 9.17) is 37.0 Å². The van der Waals surface area contributed by atoms with Crippen LogP contribution in [0.15, 0.2) is 0 Å². The number of hydrogen-bond acceptors (Lipinski definition) is 15. The highest BCUT2D eigenvalue weighted by atomic mass is 31.2. The monoisotopic (exact) mass is 1370 g/mol. The van der Waals surface area contributed by atoms with E-state index in [1.807, 2.05) is 0 Å². The minimum Gasteiger partial charge on any atom is -0.462 e. The second-order valence-corrected chi connectivity index (χ2v) is 31.3. The first-order valence-electron chi connectivity index (χ1n) is 38.2. The number of aliphatic hydroxyl groups is 1. The second-order valence-electron chi connectivity index (χ2n) is 28.4. The van der Waals surface area contributed by atoms with E-state index in [-0.39, 0.29) is 25.7 Å². The molecule has 6 atom stereocenters. The lowest BCUT2D eigenvalue weighted by Gasteiger charge is -2.21. The minimum atomic E-state index is -4.95. The van der Waals surface area contributed by atoms with E-state index in [2.05, 4.69) is 55.4 Å². The maximum absolute atomic E-state index is 13.0. The zero-order valence-corrected chi connectivity index (χ0v) is 62.7. The van der Waals surface area contributed by atoms with Gasteiger partial charge in [0, 0.05) is 25.7 Å². The Morgan fingerprint density at radius 2 is 0.516 bits per heavy atom. The van der Waals surface area contributed by atoms with Gasteiger partial charge in [0.25, 0.3) is 0 Å². The van der Waals surface area contributed by atoms with Gasteiger partial charge in [0.05, 0.1) is 26.4 Å². The van der Waals surface area contributed by atoms with Gasteiger partial charge in [-0.05, 0) is 49.4 Å². The van der Waals surface area contributed by atoms with E-state index >= 15 is 0 Å². The molecule has 0 aliphatic rings. The van der Waals surface area contributed by atoms with Crippen LogP contribution in [0, 0.1) is 23.7 Å². The summed E-state index contributed by atoms with van der Waals surface area (Å²) in [6.45, 7) is 14.1. The first kappa shape index (κ1) is 91.1. The Kier molecular flexibility index (Phi) is 62.2. The van der Waals surface area contributed by atoms with Crippen molar-refractivity contribution in [1.29, 1.82) is 0 Å². The van der Waals surface area contributed by atoms with Crippen LogP contribution in [0.4, 0.5) is 0 Å². The Morgan fingerprint density at radius 1 is 0.301 bits per heavy atom. The van der Waals surface area contributed by atoms with Crippen LogP contribution in [0.25, 0.3) is 0 Å². The summed E-state index contributed by atoms with van der Waals surface area (Å²) in [5.74, 6) is 0.855. The molecule has 0 amide bonds. The van der Waals surface area contributed by atoms with Crippen molar-refractivity contribution in [3.05, 3.63) is 0 Å². The van der Waals surface area contributed by atoms with Crippen molar-refractivity contribution in [2.45, 2.75) is 388 Å². The van der Waals surface area contributed by atoms with E-state index < -0.39 is 97.5 Å². The van der Waals surface area contributed by atoms with Crippen LogP contribution in [0.1, 0.15) is 370 Å². The molecule has 0 aromatic carbocycles. The van der Waals surface area contributed by atoms with Crippen LogP contribution in [0.5, 0.6) is 0 Å². The summed E-state index contributed by atoms with van der Waals surface area (Å²) in [4.78, 5) is 72.6. The number of carbonyl (C=O) groups is 4. The van der Waals surface area contributed by atoms with E-state index in [0.717, 1.165) is 108 Å². The molecule has 0 saturated carbocycles. The molecule has 0 fully saturated rings. The molecule has 3 unspecified atom stereocenters. The Hall–Kier alpha value is -1.94. The highest BCUT2D eigenvalue weighted by molar-refractivity contribution is 7.47. The Balaban J connectivity index is 5.13. The highest BCUT2D eigenvalue weighted by Gasteiger charge is 2.30. The number of ether oxygens (including phenoxy) is 4. The summed E-state index contributed by atoms with van der Waals surface area (Å²) >= 11 is 0. The van der Waals surface area contributed by atoms with Crippen LogP contribution in [0.2, 0.25) is 0 Å². The average molecular weight is 1370 g/mol. The van der Waals surface area contributed by atoms with Crippen molar-refractivity contribution in [3.63, 3.8) is 0 Å². The molecular weight excluding hydrogens is 1220 g/mol. The summed E-state index contributed by atoms with van der Waals surface area (Å²) in [5, 5.41) is 10.6. The van der Waals surface area contributed by atoms with Crippen LogP contribution < -0.4 is 0 Å². The molecule has 0 heterocycles. The molecule has 0 aliphatic carbocycles. The van der Waals surface area contributed by atoms with Gasteiger partial charge >= 0.3 is 39.5 Å². The lowest BCUT2D eigenvalue weighted by molar-refractivity contribution is -0.161. The molecule has 0 saturated heterocycles. The number of esters is 4. The fraction of sp³-hybridized carbons (Fsp3) is 0.946. The van der Waals surface area contributed by atoms with Gasteiger partial charge < -0.3 is 33.8 Å². The summed E-state index contributed by atoms with van der Waals surface area (Å²) < 4.78 is 68.3. The van der Waals surface area contributed by atoms with Crippen molar-refractivity contribution in [2.75, 3.05) is 39.6 Å². The van der Waals surface area contributed by atoms with Gasteiger partial charge in [-0.15, -0.1) is 0 Å². The molecule has 3 N–H and O–H groups in total. The Labute approximate surface area is 568 Å². The topological polar surface area (TPSA) is 237 Å². The quantitative estimate of drug-likeness (QED) is 0.0222.